The van der Waals surface area contributed by atoms with Crippen LogP contribution in [-0.2, 0) is 10.3 Å². The van der Waals surface area contributed by atoms with Gasteiger partial charge in [-0.05, 0) is 18.5 Å². The van der Waals surface area contributed by atoms with Gasteiger partial charge in [0.05, 0.1) is 0 Å². The van der Waals surface area contributed by atoms with E-state index in [4.69, 9.17) is 0 Å². The van der Waals surface area contributed by atoms with Gasteiger partial charge in [-0.2, -0.15) is 0 Å². The summed E-state index contributed by atoms with van der Waals surface area (Å²) >= 11 is 0. The summed E-state index contributed by atoms with van der Waals surface area (Å²) in [6, 6.07) is 9.38. The number of nitrogens with one attached hydrogen (secondary N) is 1. The van der Waals surface area contributed by atoms with Gasteiger partial charge in [0.15, 0.2) is 0 Å². The third-order valence-electron chi connectivity index (χ3n) is 2.74. The van der Waals surface area contributed by atoms with E-state index in [1.54, 1.807) is 0 Å². The lowest BCUT2D eigenvalue weighted by Crippen LogP contribution is -2.49. The zero-order chi connectivity index (χ0) is 12.0. The monoisotopic (exact) mass is 221 g/mol. The van der Waals surface area contributed by atoms with Gasteiger partial charge in [0, 0.05) is 0 Å². The topological polar surface area (TPSA) is 49.3 Å². The van der Waals surface area contributed by atoms with Crippen molar-refractivity contribution in [2.75, 3.05) is 6.54 Å². The maximum absolute atomic E-state index is 11.5. The van der Waals surface area contributed by atoms with Crippen LogP contribution in [0.2, 0.25) is 0 Å². The molecule has 0 heterocycles. The van der Waals surface area contributed by atoms with E-state index in [0.29, 0.717) is 13.0 Å². The number of benzene rings is 1. The Balaban J connectivity index is 3.15. The molecule has 88 valence electrons. The van der Waals surface area contributed by atoms with Crippen LogP contribution in [0.5, 0.6) is 0 Å². The summed E-state index contributed by atoms with van der Waals surface area (Å²) in [5.74, 6) is -0.803. The van der Waals surface area contributed by atoms with E-state index in [-0.39, 0.29) is 0 Å². The first-order valence-corrected chi connectivity index (χ1v) is 5.71. The number of hydrogen-bond acceptors (Lipinski definition) is 2. The van der Waals surface area contributed by atoms with Gasteiger partial charge in [0.1, 0.15) is 5.54 Å². The number of carbonyl (C=O) groups is 1. The van der Waals surface area contributed by atoms with Crippen molar-refractivity contribution < 1.29 is 9.90 Å². The largest absolute Gasteiger partial charge is 0.480 e. The van der Waals surface area contributed by atoms with Gasteiger partial charge < -0.3 is 5.11 Å². The molecule has 0 radical (unpaired) electrons. The van der Waals surface area contributed by atoms with E-state index >= 15 is 0 Å². The Bertz CT molecular complexity index is 329. The fraction of sp³-hybridized carbons (Fsp3) is 0.462. The molecule has 0 amide bonds. The summed E-state index contributed by atoms with van der Waals surface area (Å²) < 4.78 is 0. The van der Waals surface area contributed by atoms with E-state index in [2.05, 4.69) is 5.32 Å². The zero-order valence-corrected chi connectivity index (χ0v) is 9.86. The Hall–Kier alpha value is -1.35. The summed E-state index contributed by atoms with van der Waals surface area (Å²) in [4.78, 5) is 11.5. The molecule has 0 spiro atoms. The van der Waals surface area contributed by atoms with Gasteiger partial charge in [-0.3, -0.25) is 5.32 Å². The zero-order valence-electron chi connectivity index (χ0n) is 9.86. The van der Waals surface area contributed by atoms with Crippen molar-refractivity contribution in [3.8, 4) is 0 Å². The third kappa shape index (κ3) is 2.42. The number of rotatable bonds is 6. The van der Waals surface area contributed by atoms with Crippen LogP contribution in [0.25, 0.3) is 0 Å². The van der Waals surface area contributed by atoms with Gasteiger partial charge in [-0.25, -0.2) is 4.79 Å². The molecule has 3 heteroatoms. The van der Waals surface area contributed by atoms with Crippen LogP contribution >= 0.6 is 0 Å². The molecule has 1 aromatic carbocycles. The molecule has 3 nitrogen and oxygen atoms in total. The highest BCUT2D eigenvalue weighted by Crippen LogP contribution is 2.26. The minimum absolute atomic E-state index is 0.597. The van der Waals surface area contributed by atoms with E-state index in [1.807, 2.05) is 44.2 Å². The lowest BCUT2D eigenvalue weighted by molar-refractivity contribution is -0.145. The summed E-state index contributed by atoms with van der Waals surface area (Å²) in [5, 5.41) is 12.6. The molecule has 1 unspecified atom stereocenters. The van der Waals surface area contributed by atoms with E-state index < -0.39 is 11.5 Å². The second kappa shape index (κ2) is 5.66. The maximum Gasteiger partial charge on any atom is 0.328 e. The molecule has 0 saturated carbocycles. The Morgan fingerprint density at radius 2 is 1.94 bits per heavy atom. The summed E-state index contributed by atoms with van der Waals surface area (Å²) in [7, 11) is 0. The van der Waals surface area contributed by atoms with Crippen LogP contribution in [0.3, 0.4) is 0 Å². The van der Waals surface area contributed by atoms with Crippen molar-refractivity contribution in [1.82, 2.24) is 5.32 Å². The highest BCUT2D eigenvalue weighted by molar-refractivity contribution is 5.80. The standard InChI is InChI=1S/C13H19NO2/c1-3-10-13(12(15)16,14-4-2)11-8-6-5-7-9-11/h5-9,14H,3-4,10H2,1-2H3,(H,15,16). The molecule has 0 aliphatic heterocycles. The first-order valence-electron chi connectivity index (χ1n) is 5.71. The molecule has 0 aliphatic rings. The molecular weight excluding hydrogens is 202 g/mol. The molecule has 1 atom stereocenters. The van der Waals surface area contributed by atoms with Crippen molar-refractivity contribution in [1.29, 1.82) is 0 Å². The van der Waals surface area contributed by atoms with Crippen LogP contribution in [0, 0.1) is 0 Å². The van der Waals surface area contributed by atoms with Crippen LogP contribution in [-0.4, -0.2) is 17.6 Å². The number of hydrogen-bond donors (Lipinski definition) is 2. The number of likely N-dealkylation sites (N-methyl/N-ethyl adjacent to an activating group) is 1. The van der Waals surface area contributed by atoms with Gasteiger partial charge >= 0.3 is 5.97 Å². The minimum Gasteiger partial charge on any atom is -0.480 e. The van der Waals surface area contributed by atoms with E-state index in [1.165, 1.54) is 0 Å². The van der Waals surface area contributed by atoms with Gasteiger partial charge in [0.2, 0.25) is 0 Å². The minimum atomic E-state index is -0.940. The van der Waals surface area contributed by atoms with Crippen LogP contribution in [0.4, 0.5) is 0 Å². The fourth-order valence-corrected chi connectivity index (χ4v) is 2.04. The molecule has 1 rings (SSSR count). The normalized spacial score (nSPS) is 14.4. The van der Waals surface area contributed by atoms with Gasteiger partial charge in [0.25, 0.3) is 0 Å². The Labute approximate surface area is 96.5 Å². The predicted octanol–water partition coefficient (Wildman–Crippen LogP) is 2.38. The second-order valence-corrected chi connectivity index (χ2v) is 3.86. The van der Waals surface area contributed by atoms with Crippen LogP contribution in [0.15, 0.2) is 30.3 Å². The Morgan fingerprint density at radius 3 is 2.38 bits per heavy atom. The quantitative estimate of drug-likeness (QED) is 0.775. The lowest BCUT2D eigenvalue weighted by atomic mass is 9.85. The lowest BCUT2D eigenvalue weighted by Gasteiger charge is -2.30. The molecule has 0 aromatic heterocycles. The molecule has 0 saturated heterocycles. The first-order chi connectivity index (χ1) is 7.67. The van der Waals surface area contributed by atoms with Gasteiger partial charge in [-0.15, -0.1) is 0 Å². The molecule has 0 fully saturated rings. The van der Waals surface area contributed by atoms with Crippen LogP contribution in [0.1, 0.15) is 32.3 Å². The van der Waals surface area contributed by atoms with E-state index in [9.17, 15) is 9.90 Å². The Kier molecular flexibility index (Phi) is 4.50. The van der Waals surface area contributed by atoms with Crippen molar-refractivity contribution in [2.45, 2.75) is 32.2 Å². The molecule has 0 bridgehead atoms. The second-order valence-electron chi connectivity index (χ2n) is 3.86. The third-order valence-corrected chi connectivity index (χ3v) is 2.74. The summed E-state index contributed by atoms with van der Waals surface area (Å²) in [6.07, 6.45) is 1.42. The smallest absolute Gasteiger partial charge is 0.328 e. The molecular formula is C13H19NO2. The van der Waals surface area contributed by atoms with Crippen LogP contribution < -0.4 is 5.32 Å². The van der Waals surface area contributed by atoms with Crippen molar-refractivity contribution >= 4 is 5.97 Å². The highest BCUT2D eigenvalue weighted by atomic mass is 16.4. The van der Waals surface area contributed by atoms with Crippen molar-refractivity contribution in [3.63, 3.8) is 0 Å². The number of carboxylic acid groups (broad SMARTS) is 1. The van der Waals surface area contributed by atoms with E-state index in [0.717, 1.165) is 12.0 Å². The average molecular weight is 221 g/mol. The van der Waals surface area contributed by atoms with Crippen molar-refractivity contribution in [3.05, 3.63) is 35.9 Å². The number of carboxylic acids is 1. The first kappa shape index (κ1) is 12.7. The maximum atomic E-state index is 11.5. The summed E-state index contributed by atoms with van der Waals surface area (Å²) in [6.45, 7) is 4.56. The Morgan fingerprint density at radius 1 is 1.31 bits per heavy atom. The predicted molar refractivity (Wildman–Crippen MR) is 64.3 cm³/mol. The highest BCUT2D eigenvalue weighted by Gasteiger charge is 2.38. The SMILES string of the molecule is CCCC(NCC)(C(=O)O)c1ccccc1. The summed E-state index contributed by atoms with van der Waals surface area (Å²) in [5.41, 5.74) is -0.115. The van der Waals surface area contributed by atoms with Crippen molar-refractivity contribution in [2.24, 2.45) is 0 Å². The molecule has 1 aromatic rings. The molecule has 16 heavy (non-hydrogen) atoms. The fourth-order valence-electron chi connectivity index (χ4n) is 2.04. The molecule has 2 N–H and O–H groups in total. The van der Waals surface area contributed by atoms with Gasteiger partial charge in [-0.1, -0.05) is 50.6 Å². The number of aliphatic carboxylic acids is 1. The average Bonchev–Trinajstić information content (AvgIpc) is 2.29. The molecule has 0 aliphatic carbocycles.